The molecule has 0 bridgehead atoms. The summed E-state index contributed by atoms with van der Waals surface area (Å²) in [5.41, 5.74) is 1.14. The Morgan fingerprint density at radius 2 is 1.88 bits per heavy atom. The third-order valence-electron chi connectivity index (χ3n) is 2.62. The van der Waals surface area contributed by atoms with Gasteiger partial charge in [0, 0.05) is 0 Å². The first kappa shape index (κ1) is 13.0. The van der Waals surface area contributed by atoms with Gasteiger partial charge in [-0.05, 0) is 30.0 Å². The van der Waals surface area contributed by atoms with Gasteiger partial charge in [0.25, 0.3) is 0 Å². The Bertz CT molecular complexity index is 443. The Kier molecular flexibility index (Phi) is 4.30. The van der Waals surface area contributed by atoms with E-state index >= 15 is 0 Å². The molecule has 0 N–H and O–H groups in total. The van der Waals surface area contributed by atoms with Gasteiger partial charge in [-0.25, -0.2) is 8.42 Å². The Labute approximate surface area is 97.9 Å². The molecular weight excluding hydrogens is 220 g/mol. The van der Waals surface area contributed by atoms with Crippen LogP contribution >= 0.6 is 0 Å². The zero-order valence-corrected chi connectivity index (χ0v) is 10.6. The van der Waals surface area contributed by atoms with Gasteiger partial charge in [-0.15, -0.1) is 6.58 Å². The molecule has 0 fully saturated rings. The van der Waals surface area contributed by atoms with E-state index in [4.69, 9.17) is 0 Å². The van der Waals surface area contributed by atoms with Crippen molar-refractivity contribution in [3.05, 3.63) is 42.5 Å². The Balaban J connectivity index is 2.88. The number of allylic oxidation sites excluding steroid dienone is 1. The minimum atomic E-state index is -3.07. The second-order valence-corrected chi connectivity index (χ2v) is 6.24. The van der Waals surface area contributed by atoms with E-state index in [0.717, 1.165) is 12.0 Å². The van der Waals surface area contributed by atoms with Crippen molar-refractivity contribution in [2.75, 3.05) is 5.75 Å². The van der Waals surface area contributed by atoms with Gasteiger partial charge >= 0.3 is 0 Å². The lowest BCUT2D eigenvalue weighted by molar-refractivity contribution is 0.597. The summed E-state index contributed by atoms with van der Waals surface area (Å²) in [6.07, 6.45) is 2.80. The van der Waals surface area contributed by atoms with Crippen LogP contribution in [0.1, 0.15) is 19.4 Å². The van der Waals surface area contributed by atoms with Crippen molar-refractivity contribution in [2.45, 2.75) is 25.2 Å². The number of sulfone groups is 1. The summed E-state index contributed by atoms with van der Waals surface area (Å²) in [4.78, 5) is 0.407. The molecule has 0 saturated carbocycles. The van der Waals surface area contributed by atoms with Crippen LogP contribution in [0, 0.1) is 5.92 Å². The summed E-state index contributed by atoms with van der Waals surface area (Å²) in [5.74, 6) is 0.559. The molecule has 0 saturated heterocycles. The van der Waals surface area contributed by atoms with Gasteiger partial charge in [-0.1, -0.05) is 32.1 Å². The van der Waals surface area contributed by atoms with Gasteiger partial charge < -0.3 is 0 Å². The van der Waals surface area contributed by atoms with Crippen molar-refractivity contribution < 1.29 is 8.42 Å². The maximum atomic E-state index is 11.6. The maximum absolute atomic E-state index is 11.6. The highest BCUT2D eigenvalue weighted by molar-refractivity contribution is 7.91. The molecule has 1 aromatic rings. The summed E-state index contributed by atoms with van der Waals surface area (Å²) in [6.45, 7) is 7.47. The summed E-state index contributed by atoms with van der Waals surface area (Å²) in [5, 5.41) is 0. The van der Waals surface area contributed by atoms with E-state index < -0.39 is 9.84 Å². The predicted octanol–water partition coefficient (Wildman–Crippen LogP) is 2.84. The van der Waals surface area contributed by atoms with Gasteiger partial charge in [-0.3, -0.25) is 0 Å². The molecule has 3 heteroatoms. The smallest absolute Gasteiger partial charge is 0.178 e. The molecule has 0 aromatic heterocycles. The molecule has 0 heterocycles. The van der Waals surface area contributed by atoms with E-state index in [9.17, 15) is 8.42 Å². The average Bonchev–Trinajstić information content (AvgIpc) is 2.29. The lowest BCUT2D eigenvalue weighted by Crippen LogP contribution is -2.04. The number of rotatable bonds is 5. The van der Waals surface area contributed by atoms with Gasteiger partial charge in [0.15, 0.2) is 9.84 Å². The SMILES string of the molecule is C=CC(C)Cc1ccc(S(=O)(=O)CC)cc1. The number of hydrogen-bond acceptors (Lipinski definition) is 2. The van der Waals surface area contributed by atoms with Gasteiger partial charge in [-0.2, -0.15) is 0 Å². The summed E-state index contributed by atoms with van der Waals surface area (Å²) in [6, 6.07) is 7.12. The van der Waals surface area contributed by atoms with Crippen molar-refractivity contribution in [3.63, 3.8) is 0 Å². The van der Waals surface area contributed by atoms with E-state index in [1.807, 2.05) is 18.2 Å². The highest BCUT2D eigenvalue weighted by Crippen LogP contribution is 2.15. The molecule has 2 nitrogen and oxygen atoms in total. The molecule has 0 radical (unpaired) electrons. The summed E-state index contributed by atoms with van der Waals surface area (Å²) < 4.78 is 23.1. The third-order valence-corrected chi connectivity index (χ3v) is 4.37. The molecule has 0 aliphatic heterocycles. The van der Waals surface area contributed by atoms with Crippen molar-refractivity contribution in [1.29, 1.82) is 0 Å². The molecule has 16 heavy (non-hydrogen) atoms. The van der Waals surface area contributed by atoms with Crippen LogP contribution in [-0.4, -0.2) is 14.2 Å². The van der Waals surface area contributed by atoms with Gasteiger partial charge in [0.1, 0.15) is 0 Å². The van der Waals surface area contributed by atoms with E-state index in [0.29, 0.717) is 10.8 Å². The zero-order chi connectivity index (χ0) is 12.2. The lowest BCUT2D eigenvalue weighted by Gasteiger charge is -2.07. The molecule has 0 aliphatic rings. The minimum Gasteiger partial charge on any atom is -0.224 e. The fourth-order valence-corrected chi connectivity index (χ4v) is 2.34. The summed E-state index contributed by atoms with van der Waals surface area (Å²) >= 11 is 0. The molecule has 0 amide bonds. The molecule has 1 unspecified atom stereocenters. The molecular formula is C13H18O2S. The van der Waals surface area contributed by atoms with Crippen molar-refractivity contribution in [2.24, 2.45) is 5.92 Å². The molecule has 1 aromatic carbocycles. The molecule has 88 valence electrons. The first-order valence-corrected chi connectivity index (χ1v) is 7.09. The van der Waals surface area contributed by atoms with Gasteiger partial charge in [0.2, 0.25) is 0 Å². The fraction of sp³-hybridized carbons (Fsp3) is 0.385. The van der Waals surface area contributed by atoms with Crippen molar-refractivity contribution >= 4 is 9.84 Å². The van der Waals surface area contributed by atoms with Crippen LogP contribution in [0.25, 0.3) is 0 Å². The largest absolute Gasteiger partial charge is 0.224 e. The van der Waals surface area contributed by atoms with Crippen LogP contribution in [0.4, 0.5) is 0 Å². The third kappa shape index (κ3) is 3.20. The number of hydrogen-bond donors (Lipinski definition) is 0. The van der Waals surface area contributed by atoms with E-state index in [1.165, 1.54) is 0 Å². The Morgan fingerprint density at radius 3 is 2.31 bits per heavy atom. The highest BCUT2D eigenvalue weighted by atomic mass is 32.2. The van der Waals surface area contributed by atoms with Crippen LogP contribution < -0.4 is 0 Å². The molecule has 1 atom stereocenters. The van der Waals surface area contributed by atoms with Crippen LogP contribution in [0.15, 0.2) is 41.8 Å². The maximum Gasteiger partial charge on any atom is 0.178 e. The zero-order valence-electron chi connectivity index (χ0n) is 9.81. The molecule has 1 rings (SSSR count). The van der Waals surface area contributed by atoms with Gasteiger partial charge in [0.05, 0.1) is 10.6 Å². The first-order chi connectivity index (χ1) is 7.49. The van der Waals surface area contributed by atoms with E-state index in [-0.39, 0.29) is 5.75 Å². The second-order valence-electron chi connectivity index (χ2n) is 3.96. The number of benzene rings is 1. The predicted molar refractivity (Wildman–Crippen MR) is 67.2 cm³/mol. The fourth-order valence-electron chi connectivity index (χ4n) is 1.45. The van der Waals surface area contributed by atoms with Crippen LogP contribution in [0.5, 0.6) is 0 Å². The lowest BCUT2D eigenvalue weighted by atomic mass is 10.0. The van der Waals surface area contributed by atoms with E-state index in [1.54, 1.807) is 19.1 Å². The minimum absolute atomic E-state index is 0.148. The Morgan fingerprint density at radius 1 is 1.31 bits per heavy atom. The first-order valence-electron chi connectivity index (χ1n) is 5.44. The second kappa shape index (κ2) is 5.30. The monoisotopic (exact) mass is 238 g/mol. The van der Waals surface area contributed by atoms with Crippen LogP contribution in [0.3, 0.4) is 0 Å². The quantitative estimate of drug-likeness (QED) is 0.739. The normalized spacial score (nSPS) is 13.4. The van der Waals surface area contributed by atoms with Crippen LogP contribution in [0.2, 0.25) is 0 Å². The van der Waals surface area contributed by atoms with Crippen LogP contribution in [-0.2, 0) is 16.3 Å². The highest BCUT2D eigenvalue weighted by Gasteiger charge is 2.10. The van der Waals surface area contributed by atoms with Crippen molar-refractivity contribution in [3.8, 4) is 0 Å². The standard InChI is InChI=1S/C13H18O2S/c1-4-11(3)10-12-6-8-13(9-7-12)16(14,15)5-2/h4,6-9,11H,1,5,10H2,2-3H3. The average molecular weight is 238 g/mol. The topological polar surface area (TPSA) is 34.1 Å². The van der Waals surface area contributed by atoms with Crippen molar-refractivity contribution in [1.82, 2.24) is 0 Å². The van der Waals surface area contributed by atoms with E-state index in [2.05, 4.69) is 13.5 Å². The Hall–Kier alpha value is -1.09. The molecule has 0 spiro atoms. The molecule has 0 aliphatic carbocycles. The summed E-state index contributed by atoms with van der Waals surface area (Å²) in [7, 11) is -3.07.